The van der Waals surface area contributed by atoms with E-state index >= 15 is 0 Å². The predicted molar refractivity (Wildman–Crippen MR) is 67.1 cm³/mol. The monoisotopic (exact) mass is 262 g/mol. The first-order valence-electron chi connectivity index (χ1n) is 6.24. The summed E-state index contributed by atoms with van der Waals surface area (Å²) in [5, 5.41) is 18.2. The molecular formula is C14H15FN2O2. The number of benzene rings is 1. The van der Waals surface area contributed by atoms with Gasteiger partial charge in [0.2, 0.25) is 0 Å². The van der Waals surface area contributed by atoms with Gasteiger partial charge in [-0.1, -0.05) is 12.1 Å². The second-order valence-electron chi connectivity index (χ2n) is 4.77. The molecule has 1 aromatic carbocycles. The van der Waals surface area contributed by atoms with Crippen LogP contribution in [0, 0.1) is 23.1 Å². The number of halogens is 1. The Kier molecular flexibility index (Phi) is 4.00. The van der Waals surface area contributed by atoms with Gasteiger partial charge in [0.1, 0.15) is 5.82 Å². The van der Waals surface area contributed by atoms with Crippen LogP contribution in [0.2, 0.25) is 0 Å². The van der Waals surface area contributed by atoms with E-state index in [1.165, 1.54) is 17.0 Å². The van der Waals surface area contributed by atoms with Crippen LogP contribution >= 0.6 is 0 Å². The number of carbonyl (C=O) groups is 1. The third-order valence-electron chi connectivity index (χ3n) is 3.65. The predicted octanol–water partition coefficient (Wildman–Crippen LogP) is 2.82. The average molecular weight is 262 g/mol. The number of amides is 1. The van der Waals surface area contributed by atoms with Gasteiger partial charge in [-0.05, 0) is 36.5 Å². The molecule has 0 spiro atoms. The summed E-state index contributed by atoms with van der Waals surface area (Å²) >= 11 is 0. The van der Waals surface area contributed by atoms with Crippen molar-refractivity contribution in [2.24, 2.45) is 5.92 Å². The van der Waals surface area contributed by atoms with E-state index < -0.39 is 6.09 Å². The average Bonchev–Trinajstić information content (AvgIpc) is 2.42. The zero-order valence-electron chi connectivity index (χ0n) is 10.4. The molecule has 1 aromatic rings. The maximum absolute atomic E-state index is 12.9. The highest BCUT2D eigenvalue weighted by Crippen LogP contribution is 2.32. The molecule has 1 amide bonds. The van der Waals surface area contributed by atoms with Crippen LogP contribution < -0.4 is 0 Å². The molecule has 0 aromatic heterocycles. The van der Waals surface area contributed by atoms with Gasteiger partial charge in [-0.25, -0.2) is 9.18 Å². The lowest BCUT2D eigenvalue weighted by Gasteiger charge is -2.32. The van der Waals surface area contributed by atoms with Gasteiger partial charge in [0.15, 0.2) is 0 Å². The first-order chi connectivity index (χ1) is 9.11. The van der Waals surface area contributed by atoms with Gasteiger partial charge in [-0.15, -0.1) is 0 Å². The number of carboxylic acid groups (broad SMARTS) is 1. The van der Waals surface area contributed by atoms with Crippen molar-refractivity contribution in [2.45, 2.75) is 18.8 Å². The minimum atomic E-state index is -0.909. The molecule has 1 atom stereocenters. The van der Waals surface area contributed by atoms with Crippen LogP contribution in [0.1, 0.15) is 24.3 Å². The second kappa shape index (κ2) is 5.70. The minimum Gasteiger partial charge on any atom is -0.465 e. The lowest BCUT2D eigenvalue weighted by atomic mass is 9.81. The summed E-state index contributed by atoms with van der Waals surface area (Å²) in [6.07, 6.45) is 0.429. The lowest BCUT2D eigenvalue weighted by Crippen LogP contribution is -2.38. The van der Waals surface area contributed by atoms with Crippen molar-refractivity contribution in [3.8, 4) is 6.07 Å². The van der Waals surface area contributed by atoms with Crippen molar-refractivity contribution in [2.75, 3.05) is 13.1 Å². The van der Waals surface area contributed by atoms with Crippen molar-refractivity contribution in [1.82, 2.24) is 4.90 Å². The van der Waals surface area contributed by atoms with E-state index in [-0.39, 0.29) is 17.7 Å². The van der Waals surface area contributed by atoms with E-state index in [4.69, 9.17) is 5.11 Å². The van der Waals surface area contributed by atoms with Gasteiger partial charge in [-0.3, -0.25) is 0 Å². The number of nitriles is 1. The molecule has 0 unspecified atom stereocenters. The summed E-state index contributed by atoms with van der Waals surface area (Å²) in [5.74, 6) is -0.483. The molecular weight excluding hydrogens is 247 g/mol. The summed E-state index contributed by atoms with van der Waals surface area (Å²) in [6.45, 7) is 0.915. The number of likely N-dealkylation sites (tertiary alicyclic amines) is 1. The smallest absolute Gasteiger partial charge is 0.407 e. The Labute approximate surface area is 111 Å². The Morgan fingerprint density at radius 1 is 1.37 bits per heavy atom. The van der Waals surface area contributed by atoms with E-state index in [2.05, 4.69) is 6.07 Å². The van der Waals surface area contributed by atoms with Gasteiger partial charge in [-0.2, -0.15) is 5.26 Å². The quantitative estimate of drug-likeness (QED) is 0.891. The Balaban J connectivity index is 2.06. The minimum absolute atomic E-state index is 0.131. The molecule has 1 aliphatic rings. The molecule has 1 heterocycles. The van der Waals surface area contributed by atoms with Crippen LogP contribution in [-0.4, -0.2) is 29.2 Å². The molecule has 100 valence electrons. The summed E-state index contributed by atoms with van der Waals surface area (Å²) in [4.78, 5) is 12.2. The van der Waals surface area contributed by atoms with Crippen LogP contribution in [0.5, 0.6) is 0 Å². The SMILES string of the molecule is N#C[C@H](c1ccc(F)cc1)C1CCN(C(=O)O)CC1. The van der Waals surface area contributed by atoms with Crippen LogP contribution in [-0.2, 0) is 0 Å². The first kappa shape index (κ1) is 13.3. The maximum atomic E-state index is 12.9. The summed E-state index contributed by atoms with van der Waals surface area (Å²) in [7, 11) is 0. The van der Waals surface area contributed by atoms with E-state index in [1.807, 2.05) is 0 Å². The van der Waals surface area contributed by atoms with E-state index in [0.29, 0.717) is 25.9 Å². The fraction of sp³-hybridized carbons (Fsp3) is 0.429. The summed E-state index contributed by atoms with van der Waals surface area (Å²) in [5.41, 5.74) is 0.803. The number of hydrogen-bond acceptors (Lipinski definition) is 2. The normalized spacial score (nSPS) is 17.8. The topological polar surface area (TPSA) is 64.3 Å². The zero-order chi connectivity index (χ0) is 13.8. The molecule has 4 nitrogen and oxygen atoms in total. The molecule has 2 rings (SSSR count). The highest BCUT2D eigenvalue weighted by Gasteiger charge is 2.29. The Hall–Kier alpha value is -2.09. The van der Waals surface area contributed by atoms with Crippen LogP contribution in [0.15, 0.2) is 24.3 Å². The van der Waals surface area contributed by atoms with E-state index in [9.17, 15) is 14.4 Å². The van der Waals surface area contributed by atoms with E-state index in [0.717, 1.165) is 5.56 Å². The molecule has 1 saturated heterocycles. The Bertz CT molecular complexity index is 487. The number of piperidine rings is 1. The highest BCUT2D eigenvalue weighted by molar-refractivity contribution is 5.65. The Morgan fingerprint density at radius 2 is 1.95 bits per heavy atom. The van der Waals surface area contributed by atoms with Gasteiger partial charge in [0.25, 0.3) is 0 Å². The van der Waals surface area contributed by atoms with Crippen LogP contribution in [0.25, 0.3) is 0 Å². The lowest BCUT2D eigenvalue weighted by molar-refractivity contribution is 0.122. The largest absolute Gasteiger partial charge is 0.465 e. The number of hydrogen-bond donors (Lipinski definition) is 1. The van der Waals surface area contributed by atoms with Gasteiger partial charge in [0, 0.05) is 13.1 Å². The van der Waals surface area contributed by atoms with Crippen molar-refractivity contribution in [1.29, 1.82) is 5.26 Å². The molecule has 1 fully saturated rings. The van der Waals surface area contributed by atoms with Gasteiger partial charge >= 0.3 is 6.09 Å². The molecule has 0 saturated carbocycles. The second-order valence-corrected chi connectivity index (χ2v) is 4.77. The van der Waals surface area contributed by atoms with Crippen molar-refractivity contribution >= 4 is 6.09 Å². The van der Waals surface area contributed by atoms with Gasteiger partial charge in [0.05, 0.1) is 12.0 Å². The number of nitrogens with zero attached hydrogens (tertiary/aromatic N) is 2. The third kappa shape index (κ3) is 3.02. The fourth-order valence-corrected chi connectivity index (χ4v) is 2.55. The fourth-order valence-electron chi connectivity index (χ4n) is 2.55. The molecule has 5 heteroatoms. The maximum Gasteiger partial charge on any atom is 0.407 e. The zero-order valence-corrected chi connectivity index (χ0v) is 10.4. The molecule has 19 heavy (non-hydrogen) atoms. The van der Waals surface area contributed by atoms with Crippen LogP contribution in [0.3, 0.4) is 0 Å². The van der Waals surface area contributed by atoms with Crippen molar-refractivity contribution in [3.05, 3.63) is 35.6 Å². The highest BCUT2D eigenvalue weighted by atomic mass is 19.1. The molecule has 0 radical (unpaired) electrons. The summed E-state index contributed by atoms with van der Waals surface area (Å²) in [6, 6.07) is 8.23. The molecule has 0 bridgehead atoms. The first-order valence-corrected chi connectivity index (χ1v) is 6.24. The standard InChI is InChI=1S/C14H15FN2O2/c15-12-3-1-10(2-4-12)13(9-16)11-5-7-17(8-6-11)14(18)19/h1-4,11,13H,5-8H2,(H,18,19)/t13-/m1/s1. The summed E-state index contributed by atoms with van der Waals surface area (Å²) < 4.78 is 12.9. The molecule has 1 aliphatic heterocycles. The van der Waals surface area contributed by atoms with Crippen molar-refractivity contribution < 1.29 is 14.3 Å². The van der Waals surface area contributed by atoms with Crippen molar-refractivity contribution in [3.63, 3.8) is 0 Å². The van der Waals surface area contributed by atoms with E-state index in [1.54, 1.807) is 12.1 Å². The third-order valence-corrected chi connectivity index (χ3v) is 3.65. The Morgan fingerprint density at radius 3 is 2.42 bits per heavy atom. The number of rotatable bonds is 2. The van der Waals surface area contributed by atoms with Gasteiger partial charge < -0.3 is 10.0 Å². The molecule has 1 N–H and O–H groups in total. The molecule has 0 aliphatic carbocycles. The van der Waals surface area contributed by atoms with Crippen LogP contribution in [0.4, 0.5) is 9.18 Å².